The van der Waals surface area contributed by atoms with Gasteiger partial charge in [0, 0.05) is 12.6 Å². The molecular weight excluding hydrogens is 364 g/mol. The lowest BCUT2D eigenvalue weighted by molar-refractivity contribution is -0.142. The van der Waals surface area contributed by atoms with Crippen LogP contribution in [0.15, 0.2) is 48.5 Å². The summed E-state index contributed by atoms with van der Waals surface area (Å²) < 4.78 is 5.70. The topological polar surface area (TPSA) is 58.6 Å². The molecule has 0 aliphatic heterocycles. The molecule has 0 fully saturated rings. The second kappa shape index (κ2) is 10.6. The third kappa shape index (κ3) is 6.93. The van der Waals surface area contributed by atoms with Crippen LogP contribution in [0.1, 0.15) is 43.9 Å². The Morgan fingerprint density at radius 2 is 1.72 bits per heavy atom. The van der Waals surface area contributed by atoms with Gasteiger partial charge < -0.3 is 15.0 Å². The van der Waals surface area contributed by atoms with Crippen molar-refractivity contribution in [1.29, 1.82) is 0 Å². The van der Waals surface area contributed by atoms with Crippen molar-refractivity contribution in [3.05, 3.63) is 65.2 Å². The quantitative estimate of drug-likeness (QED) is 0.697. The summed E-state index contributed by atoms with van der Waals surface area (Å²) in [6.45, 7) is 9.96. The van der Waals surface area contributed by atoms with E-state index in [-0.39, 0.29) is 24.5 Å². The van der Waals surface area contributed by atoms with E-state index in [4.69, 9.17) is 4.74 Å². The number of nitrogens with zero attached hydrogens (tertiary/aromatic N) is 1. The van der Waals surface area contributed by atoms with E-state index in [0.29, 0.717) is 12.3 Å². The van der Waals surface area contributed by atoms with Gasteiger partial charge in [-0.2, -0.15) is 0 Å². The van der Waals surface area contributed by atoms with Crippen molar-refractivity contribution in [2.45, 2.75) is 59.7 Å². The van der Waals surface area contributed by atoms with Crippen LogP contribution in [-0.2, 0) is 16.1 Å². The van der Waals surface area contributed by atoms with Crippen LogP contribution in [0, 0.1) is 13.8 Å². The summed E-state index contributed by atoms with van der Waals surface area (Å²) in [4.78, 5) is 27.3. The maximum absolute atomic E-state index is 13.0. The molecular formula is C24H32N2O3. The molecule has 0 aliphatic carbocycles. The van der Waals surface area contributed by atoms with Crippen LogP contribution in [0.3, 0.4) is 0 Å². The average Bonchev–Trinajstić information content (AvgIpc) is 2.71. The molecule has 1 N–H and O–H groups in total. The molecule has 2 rings (SSSR count). The SMILES string of the molecule is CC[C@H](C)NC(=O)[C@H](C)N(Cc1ccc(C)cc1)C(=O)COc1cccc(C)c1. The monoisotopic (exact) mass is 396 g/mol. The molecule has 0 unspecified atom stereocenters. The van der Waals surface area contributed by atoms with E-state index in [1.807, 2.05) is 76.2 Å². The highest BCUT2D eigenvalue weighted by Crippen LogP contribution is 2.15. The molecule has 156 valence electrons. The standard InChI is InChI=1S/C24H32N2O3/c1-6-19(4)25-24(28)20(5)26(15-21-12-10-17(2)11-13-21)23(27)16-29-22-9-7-8-18(3)14-22/h7-14,19-20H,6,15-16H2,1-5H3,(H,25,28)/t19-,20-/m0/s1. The van der Waals surface area contributed by atoms with Crippen LogP contribution >= 0.6 is 0 Å². The minimum atomic E-state index is -0.598. The molecule has 0 spiro atoms. The highest BCUT2D eigenvalue weighted by Gasteiger charge is 2.27. The Bertz CT molecular complexity index is 817. The lowest BCUT2D eigenvalue weighted by atomic mass is 10.1. The third-order valence-electron chi connectivity index (χ3n) is 4.99. The van der Waals surface area contributed by atoms with Crippen molar-refractivity contribution < 1.29 is 14.3 Å². The van der Waals surface area contributed by atoms with Crippen LogP contribution in [0.2, 0.25) is 0 Å². The van der Waals surface area contributed by atoms with E-state index in [0.717, 1.165) is 23.1 Å². The highest BCUT2D eigenvalue weighted by molar-refractivity contribution is 5.88. The summed E-state index contributed by atoms with van der Waals surface area (Å²) in [5.41, 5.74) is 3.19. The van der Waals surface area contributed by atoms with Crippen LogP contribution in [0.4, 0.5) is 0 Å². The largest absolute Gasteiger partial charge is 0.484 e. The van der Waals surface area contributed by atoms with E-state index in [9.17, 15) is 9.59 Å². The Kier molecular flexibility index (Phi) is 8.25. The predicted molar refractivity (Wildman–Crippen MR) is 116 cm³/mol. The van der Waals surface area contributed by atoms with Crippen molar-refractivity contribution in [1.82, 2.24) is 10.2 Å². The van der Waals surface area contributed by atoms with Gasteiger partial charge in [0.25, 0.3) is 5.91 Å². The molecule has 0 radical (unpaired) electrons. The minimum Gasteiger partial charge on any atom is -0.484 e. The van der Waals surface area contributed by atoms with Crippen molar-refractivity contribution in [3.63, 3.8) is 0 Å². The van der Waals surface area contributed by atoms with Crippen molar-refractivity contribution in [3.8, 4) is 5.75 Å². The Hall–Kier alpha value is -2.82. The summed E-state index contributed by atoms with van der Waals surface area (Å²) in [7, 11) is 0. The summed E-state index contributed by atoms with van der Waals surface area (Å²) in [5.74, 6) is 0.264. The molecule has 29 heavy (non-hydrogen) atoms. The normalized spacial score (nSPS) is 12.7. The number of hydrogen-bond acceptors (Lipinski definition) is 3. The fraction of sp³-hybridized carbons (Fsp3) is 0.417. The van der Waals surface area contributed by atoms with Gasteiger partial charge in [-0.1, -0.05) is 48.9 Å². The second-order valence-corrected chi connectivity index (χ2v) is 7.61. The zero-order chi connectivity index (χ0) is 21.4. The Morgan fingerprint density at radius 3 is 2.34 bits per heavy atom. The van der Waals surface area contributed by atoms with Crippen LogP contribution < -0.4 is 10.1 Å². The van der Waals surface area contributed by atoms with Crippen molar-refractivity contribution in [2.75, 3.05) is 6.61 Å². The first-order valence-corrected chi connectivity index (χ1v) is 10.1. The molecule has 5 heteroatoms. The zero-order valence-corrected chi connectivity index (χ0v) is 18.1. The van der Waals surface area contributed by atoms with Gasteiger partial charge in [0.05, 0.1) is 0 Å². The Labute approximate surface area is 174 Å². The van der Waals surface area contributed by atoms with Gasteiger partial charge in [-0.25, -0.2) is 0 Å². The number of aryl methyl sites for hydroxylation is 2. The van der Waals surface area contributed by atoms with E-state index >= 15 is 0 Å². The molecule has 0 saturated heterocycles. The highest BCUT2D eigenvalue weighted by atomic mass is 16.5. The smallest absolute Gasteiger partial charge is 0.261 e. The fourth-order valence-electron chi connectivity index (χ4n) is 2.87. The van der Waals surface area contributed by atoms with Crippen LogP contribution in [-0.4, -0.2) is 35.4 Å². The van der Waals surface area contributed by atoms with Gasteiger partial charge in [0.1, 0.15) is 11.8 Å². The Morgan fingerprint density at radius 1 is 1.03 bits per heavy atom. The van der Waals surface area contributed by atoms with Gasteiger partial charge in [0.15, 0.2) is 6.61 Å². The number of ether oxygens (including phenoxy) is 1. The van der Waals surface area contributed by atoms with Gasteiger partial charge >= 0.3 is 0 Å². The number of amides is 2. The number of benzene rings is 2. The summed E-state index contributed by atoms with van der Waals surface area (Å²) in [5, 5.41) is 2.97. The molecule has 0 aromatic heterocycles. The lowest BCUT2D eigenvalue weighted by Crippen LogP contribution is -2.50. The average molecular weight is 397 g/mol. The molecule has 0 bridgehead atoms. The molecule has 0 heterocycles. The molecule has 5 nitrogen and oxygen atoms in total. The number of hydrogen-bond donors (Lipinski definition) is 1. The number of nitrogens with one attached hydrogen (secondary N) is 1. The zero-order valence-electron chi connectivity index (χ0n) is 18.1. The molecule has 2 aromatic rings. The van der Waals surface area contributed by atoms with E-state index in [2.05, 4.69) is 5.32 Å². The van der Waals surface area contributed by atoms with Gasteiger partial charge in [0.2, 0.25) is 5.91 Å². The second-order valence-electron chi connectivity index (χ2n) is 7.61. The summed E-state index contributed by atoms with van der Waals surface area (Å²) in [6, 6.07) is 15.0. The maximum atomic E-state index is 13.0. The number of carbonyl (C=O) groups excluding carboxylic acids is 2. The van der Waals surface area contributed by atoms with E-state index in [1.54, 1.807) is 11.8 Å². The molecule has 2 atom stereocenters. The summed E-state index contributed by atoms with van der Waals surface area (Å²) >= 11 is 0. The molecule has 0 aliphatic rings. The lowest BCUT2D eigenvalue weighted by Gasteiger charge is -2.29. The molecule has 2 amide bonds. The van der Waals surface area contributed by atoms with E-state index in [1.165, 1.54) is 0 Å². The van der Waals surface area contributed by atoms with Crippen molar-refractivity contribution in [2.24, 2.45) is 0 Å². The maximum Gasteiger partial charge on any atom is 0.261 e. The van der Waals surface area contributed by atoms with E-state index < -0.39 is 6.04 Å². The van der Waals surface area contributed by atoms with Crippen LogP contribution in [0.5, 0.6) is 5.75 Å². The summed E-state index contributed by atoms with van der Waals surface area (Å²) in [6.07, 6.45) is 0.834. The van der Waals surface area contributed by atoms with Gasteiger partial charge in [-0.05, 0) is 57.4 Å². The van der Waals surface area contributed by atoms with Crippen LogP contribution in [0.25, 0.3) is 0 Å². The minimum absolute atomic E-state index is 0.0600. The molecule has 2 aromatic carbocycles. The fourth-order valence-corrected chi connectivity index (χ4v) is 2.87. The van der Waals surface area contributed by atoms with Gasteiger partial charge in [-0.3, -0.25) is 9.59 Å². The first-order chi connectivity index (χ1) is 13.8. The third-order valence-corrected chi connectivity index (χ3v) is 4.99. The van der Waals surface area contributed by atoms with Gasteiger partial charge in [-0.15, -0.1) is 0 Å². The number of rotatable bonds is 9. The Balaban J connectivity index is 2.14. The predicted octanol–water partition coefficient (Wildman–Crippen LogP) is 4.01. The molecule has 0 saturated carbocycles. The number of carbonyl (C=O) groups is 2. The van der Waals surface area contributed by atoms with Crippen molar-refractivity contribution >= 4 is 11.8 Å². The first kappa shape index (κ1) is 22.5. The first-order valence-electron chi connectivity index (χ1n) is 10.1.